The Morgan fingerprint density at radius 1 is 1.41 bits per heavy atom. The molecule has 0 unspecified atom stereocenters. The van der Waals surface area contributed by atoms with Crippen molar-refractivity contribution in [2.24, 2.45) is 5.11 Å². The first-order valence-corrected chi connectivity index (χ1v) is 7.08. The van der Waals surface area contributed by atoms with E-state index < -0.39 is 12.1 Å². The summed E-state index contributed by atoms with van der Waals surface area (Å²) in [6.07, 6.45) is 2.94. The quantitative estimate of drug-likeness (QED) is 0.536. The highest BCUT2D eigenvalue weighted by atomic mass is 19.1. The largest absolute Gasteiger partial charge is 0.390 e. The Morgan fingerprint density at radius 3 is 3.05 bits per heavy atom. The fraction of sp³-hybridized carbons (Fsp3) is 0.429. The van der Waals surface area contributed by atoms with Gasteiger partial charge in [0, 0.05) is 10.5 Å². The molecular formula is C14H15FN6O. The van der Waals surface area contributed by atoms with Gasteiger partial charge in [0.15, 0.2) is 5.82 Å². The van der Waals surface area contributed by atoms with Crippen LogP contribution < -0.4 is 0 Å². The second kappa shape index (κ2) is 6.13. The van der Waals surface area contributed by atoms with Crippen molar-refractivity contribution in [3.05, 3.63) is 46.9 Å². The molecule has 1 aromatic carbocycles. The molecule has 0 radical (unpaired) electrons. The Bertz CT molecular complexity index is 711. The van der Waals surface area contributed by atoms with Gasteiger partial charge in [-0.3, -0.25) is 0 Å². The van der Waals surface area contributed by atoms with E-state index in [9.17, 15) is 9.50 Å². The highest BCUT2D eigenvalue weighted by Crippen LogP contribution is 2.31. The summed E-state index contributed by atoms with van der Waals surface area (Å²) in [4.78, 5) is 6.96. The smallest absolute Gasteiger partial charge is 0.181 e. The number of hydrogen-bond donors (Lipinski definition) is 1. The predicted octanol–water partition coefficient (Wildman–Crippen LogP) is 2.85. The molecule has 0 bridgehead atoms. The van der Waals surface area contributed by atoms with Gasteiger partial charge in [-0.15, -0.1) is 0 Å². The van der Waals surface area contributed by atoms with Gasteiger partial charge in [-0.05, 0) is 30.5 Å². The molecule has 114 valence electrons. The third-order valence-electron chi connectivity index (χ3n) is 3.92. The number of aliphatic hydroxyl groups excluding tert-OH is 1. The summed E-state index contributed by atoms with van der Waals surface area (Å²) in [6, 6.07) is 5.29. The molecule has 8 heteroatoms. The zero-order chi connectivity index (χ0) is 15.5. The van der Waals surface area contributed by atoms with E-state index in [1.54, 1.807) is 16.8 Å². The lowest BCUT2D eigenvalue weighted by Gasteiger charge is -2.31. The molecule has 0 saturated heterocycles. The fourth-order valence-corrected chi connectivity index (χ4v) is 2.81. The summed E-state index contributed by atoms with van der Waals surface area (Å²) in [5.41, 5.74) is 9.13. The fourth-order valence-electron chi connectivity index (χ4n) is 2.81. The van der Waals surface area contributed by atoms with Crippen molar-refractivity contribution in [1.29, 1.82) is 0 Å². The van der Waals surface area contributed by atoms with Crippen LogP contribution in [0.3, 0.4) is 0 Å². The maximum atomic E-state index is 13.3. The Morgan fingerprint density at radius 2 is 2.27 bits per heavy atom. The van der Waals surface area contributed by atoms with Crippen LogP contribution in [0.25, 0.3) is 21.8 Å². The lowest BCUT2D eigenvalue weighted by molar-refractivity contribution is 0.0516. The van der Waals surface area contributed by atoms with E-state index in [0.29, 0.717) is 17.8 Å². The summed E-state index contributed by atoms with van der Waals surface area (Å²) in [6.45, 7) is 0. The lowest BCUT2D eigenvalue weighted by Crippen LogP contribution is -2.37. The third kappa shape index (κ3) is 2.79. The SMILES string of the molecule is [N-]=[N+]=N[C@@H]1CCC[C@H](n2cnc(-c3cccc(F)c3)n2)[C@H]1O. The number of benzene rings is 1. The van der Waals surface area contributed by atoms with Crippen LogP contribution in [0.2, 0.25) is 0 Å². The van der Waals surface area contributed by atoms with Gasteiger partial charge in [0.05, 0.1) is 18.2 Å². The van der Waals surface area contributed by atoms with Crippen molar-refractivity contribution in [3.63, 3.8) is 0 Å². The van der Waals surface area contributed by atoms with Gasteiger partial charge in [0.1, 0.15) is 12.1 Å². The van der Waals surface area contributed by atoms with Crippen LogP contribution in [0.4, 0.5) is 4.39 Å². The van der Waals surface area contributed by atoms with Crippen LogP contribution in [0.15, 0.2) is 35.7 Å². The first-order chi connectivity index (χ1) is 10.7. The molecule has 0 amide bonds. The highest BCUT2D eigenvalue weighted by molar-refractivity contribution is 5.53. The molecule has 1 aliphatic carbocycles. The van der Waals surface area contributed by atoms with Gasteiger partial charge in [-0.2, -0.15) is 5.10 Å². The summed E-state index contributed by atoms with van der Waals surface area (Å²) >= 11 is 0. The molecule has 1 aromatic heterocycles. The van der Waals surface area contributed by atoms with Gasteiger partial charge >= 0.3 is 0 Å². The van der Waals surface area contributed by atoms with Crippen LogP contribution >= 0.6 is 0 Å². The van der Waals surface area contributed by atoms with Crippen molar-refractivity contribution in [1.82, 2.24) is 14.8 Å². The van der Waals surface area contributed by atoms with Crippen LogP contribution in [0.1, 0.15) is 25.3 Å². The molecule has 0 spiro atoms. The maximum Gasteiger partial charge on any atom is 0.181 e. The number of nitrogens with zero attached hydrogens (tertiary/aromatic N) is 6. The Hall–Kier alpha value is -2.44. The number of aliphatic hydroxyl groups is 1. The Balaban J connectivity index is 1.85. The van der Waals surface area contributed by atoms with Crippen molar-refractivity contribution in [3.8, 4) is 11.4 Å². The summed E-state index contributed by atoms with van der Waals surface area (Å²) in [5.74, 6) is 0.0487. The van der Waals surface area contributed by atoms with E-state index in [4.69, 9.17) is 5.53 Å². The third-order valence-corrected chi connectivity index (χ3v) is 3.92. The zero-order valence-electron chi connectivity index (χ0n) is 11.7. The standard InChI is InChI=1S/C14H15FN6O/c15-10-4-1-3-9(7-10)14-17-8-21(19-14)12-6-2-5-11(13(12)22)18-20-16/h1,3-4,7-8,11-13,22H,2,5-6H2/t11-,12+,13+/m1/s1. The molecule has 1 saturated carbocycles. The molecule has 1 fully saturated rings. The molecule has 1 aliphatic rings. The number of aromatic nitrogens is 3. The molecule has 7 nitrogen and oxygen atoms in total. The number of azide groups is 1. The average Bonchev–Trinajstić information content (AvgIpc) is 2.99. The molecular weight excluding hydrogens is 287 g/mol. The van der Waals surface area contributed by atoms with E-state index in [1.807, 2.05) is 0 Å². The van der Waals surface area contributed by atoms with Crippen molar-refractivity contribution < 1.29 is 9.50 Å². The number of rotatable bonds is 3. The van der Waals surface area contributed by atoms with Gasteiger partial charge in [0.25, 0.3) is 0 Å². The minimum absolute atomic E-state index is 0.293. The van der Waals surface area contributed by atoms with E-state index in [2.05, 4.69) is 20.1 Å². The molecule has 3 rings (SSSR count). The predicted molar refractivity (Wildman–Crippen MR) is 77.2 cm³/mol. The summed E-state index contributed by atoms with van der Waals surface area (Å²) in [7, 11) is 0. The van der Waals surface area contributed by atoms with Gasteiger partial charge in [-0.25, -0.2) is 14.1 Å². The van der Waals surface area contributed by atoms with E-state index in [1.165, 1.54) is 18.5 Å². The molecule has 1 heterocycles. The molecule has 22 heavy (non-hydrogen) atoms. The minimum atomic E-state index is -0.799. The van der Waals surface area contributed by atoms with E-state index >= 15 is 0 Å². The first-order valence-electron chi connectivity index (χ1n) is 7.08. The van der Waals surface area contributed by atoms with Crippen LogP contribution in [0, 0.1) is 5.82 Å². The summed E-state index contributed by atoms with van der Waals surface area (Å²) < 4.78 is 14.8. The second-order valence-corrected chi connectivity index (χ2v) is 5.32. The molecule has 2 aromatic rings. The first kappa shape index (κ1) is 14.5. The zero-order valence-corrected chi connectivity index (χ0v) is 11.7. The van der Waals surface area contributed by atoms with Crippen molar-refractivity contribution in [2.75, 3.05) is 0 Å². The van der Waals surface area contributed by atoms with E-state index in [-0.39, 0.29) is 11.9 Å². The Labute approximate surface area is 126 Å². The van der Waals surface area contributed by atoms with Crippen LogP contribution in [-0.2, 0) is 0 Å². The average molecular weight is 302 g/mol. The number of hydrogen-bond acceptors (Lipinski definition) is 4. The van der Waals surface area contributed by atoms with Crippen molar-refractivity contribution in [2.45, 2.75) is 37.5 Å². The monoisotopic (exact) mass is 302 g/mol. The second-order valence-electron chi connectivity index (χ2n) is 5.32. The topological polar surface area (TPSA) is 99.7 Å². The Kier molecular flexibility index (Phi) is 4.04. The molecule has 1 N–H and O–H groups in total. The van der Waals surface area contributed by atoms with Gasteiger partial charge in [-0.1, -0.05) is 23.7 Å². The van der Waals surface area contributed by atoms with E-state index in [0.717, 1.165) is 12.8 Å². The molecule has 3 atom stereocenters. The van der Waals surface area contributed by atoms with Gasteiger partial charge < -0.3 is 5.11 Å². The van der Waals surface area contributed by atoms with Crippen LogP contribution in [0.5, 0.6) is 0 Å². The van der Waals surface area contributed by atoms with Gasteiger partial charge in [0.2, 0.25) is 0 Å². The number of halogens is 1. The maximum absolute atomic E-state index is 13.3. The van der Waals surface area contributed by atoms with Crippen molar-refractivity contribution >= 4 is 0 Å². The van der Waals surface area contributed by atoms with Crippen LogP contribution in [-0.4, -0.2) is 32.0 Å². The minimum Gasteiger partial charge on any atom is -0.390 e. The normalized spacial score (nSPS) is 24.7. The lowest BCUT2D eigenvalue weighted by atomic mass is 9.89. The summed E-state index contributed by atoms with van der Waals surface area (Å²) in [5, 5.41) is 18.3. The molecule has 0 aliphatic heterocycles. The highest BCUT2D eigenvalue weighted by Gasteiger charge is 2.33.